The van der Waals surface area contributed by atoms with Crippen LogP contribution in [0.5, 0.6) is 0 Å². The molecule has 60 valence electrons. The summed E-state index contributed by atoms with van der Waals surface area (Å²) in [6.45, 7) is 2.09. The maximum atomic E-state index is 4.96. The van der Waals surface area contributed by atoms with Gasteiger partial charge in [-0.3, -0.25) is 0 Å². The van der Waals surface area contributed by atoms with Crippen molar-refractivity contribution >= 4 is 21.5 Å². The van der Waals surface area contributed by atoms with Gasteiger partial charge in [0, 0.05) is 10.9 Å². The minimum Gasteiger partial charge on any atom is -0.472 e. The summed E-state index contributed by atoms with van der Waals surface area (Å²) >= 11 is 3.37. The molecule has 1 rings (SSSR count). The second-order valence-electron chi connectivity index (χ2n) is 2.38. The highest BCUT2D eigenvalue weighted by Gasteiger charge is 1.94. The molecule has 0 saturated carbocycles. The normalized spacial score (nSPS) is 12.0. The van der Waals surface area contributed by atoms with Crippen LogP contribution < -0.4 is 0 Å². The summed E-state index contributed by atoms with van der Waals surface area (Å²) in [4.78, 5) is 0. The summed E-state index contributed by atoms with van der Waals surface area (Å²) in [5.74, 6) is 0. The van der Waals surface area contributed by atoms with Crippen LogP contribution in [0.4, 0.5) is 0 Å². The van der Waals surface area contributed by atoms with Gasteiger partial charge in [-0.15, -0.1) is 0 Å². The summed E-state index contributed by atoms with van der Waals surface area (Å²) in [7, 11) is 0. The summed E-state index contributed by atoms with van der Waals surface area (Å²) in [6.07, 6.45) is 6.72. The van der Waals surface area contributed by atoms with Crippen molar-refractivity contribution in [3.05, 3.63) is 30.2 Å². The van der Waals surface area contributed by atoms with Crippen molar-refractivity contribution in [2.24, 2.45) is 0 Å². The lowest BCUT2D eigenvalue weighted by molar-refractivity contribution is 0.566. The topological polar surface area (TPSA) is 13.1 Å². The van der Waals surface area contributed by atoms with Crippen molar-refractivity contribution in [1.82, 2.24) is 0 Å². The molecule has 0 saturated heterocycles. The Morgan fingerprint density at radius 3 is 3.09 bits per heavy atom. The summed E-state index contributed by atoms with van der Waals surface area (Å²) in [5.41, 5.74) is 2.45. The summed E-state index contributed by atoms with van der Waals surface area (Å²) in [5, 5.41) is 1.02. The van der Waals surface area contributed by atoms with Gasteiger partial charge < -0.3 is 4.42 Å². The zero-order valence-corrected chi connectivity index (χ0v) is 8.10. The zero-order chi connectivity index (χ0) is 8.10. The summed E-state index contributed by atoms with van der Waals surface area (Å²) < 4.78 is 4.96. The molecule has 0 spiro atoms. The molecule has 0 atom stereocenters. The number of furan rings is 1. The van der Waals surface area contributed by atoms with E-state index in [9.17, 15) is 0 Å². The van der Waals surface area contributed by atoms with E-state index in [-0.39, 0.29) is 0 Å². The fraction of sp³-hybridized carbons (Fsp3) is 0.333. The lowest BCUT2D eigenvalue weighted by atomic mass is 10.1. The van der Waals surface area contributed by atoms with Gasteiger partial charge in [-0.05, 0) is 25.0 Å². The van der Waals surface area contributed by atoms with E-state index in [2.05, 4.69) is 28.9 Å². The average Bonchev–Trinajstić information content (AvgIpc) is 2.52. The van der Waals surface area contributed by atoms with Gasteiger partial charge in [0.15, 0.2) is 0 Å². The fourth-order valence-corrected chi connectivity index (χ4v) is 1.11. The highest BCUT2D eigenvalue weighted by Crippen LogP contribution is 2.14. The number of allylic oxidation sites excluding steroid dienone is 2. The van der Waals surface area contributed by atoms with Crippen LogP contribution >= 0.6 is 15.9 Å². The minimum atomic E-state index is 1.02. The SMILES string of the molecule is C/C(=C/CCBr)c1ccoc1. The predicted molar refractivity (Wildman–Crippen MR) is 50.8 cm³/mol. The number of halogens is 1. The van der Waals surface area contributed by atoms with Gasteiger partial charge in [0.1, 0.15) is 0 Å². The van der Waals surface area contributed by atoms with Crippen LogP contribution in [0.1, 0.15) is 18.9 Å². The van der Waals surface area contributed by atoms with Crippen molar-refractivity contribution in [2.75, 3.05) is 5.33 Å². The molecule has 11 heavy (non-hydrogen) atoms. The number of alkyl halides is 1. The minimum absolute atomic E-state index is 1.02. The lowest BCUT2D eigenvalue weighted by Gasteiger charge is -1.93. The third-order valence-corrected chi connectivity index (χ3v) is 1.99. The van der Waals surface area contributed by atoms with Crippen LogP contribution in [0, 0.1) is 0 Å². The molecule has 0 aliphatic carbocycles. The van der Waals surface area contributed by atoms with Crippen LogP contribution in [0.15, 0.2) is 29.1 Å². The quantitative estimate of drug-likeness (QED) is 0.703. The Morgan fingerprint density at radius 2 is 2.55 bits per heavy atom. The number of rotatable bonds is 3. The monoisotopic (exact) mass is 214 g/mol. The molecule has 2 heteroatoms. The van der Waals surface area contributed by atoms with Crippen LogP contribution in [0.2, 0.25) is 0 Å². The molecule has 0 unspecified atom stereocenters. The first kappa shape index (κ1) is 8.60. The van der Waals surface area contributed by atoms with Crippen molar-refractivity contribution in [3.63, 3.8) is 0 Å². The van der Waals surface area contributed by atoms with Crippen molar-refractivity contribution in [2.45, 2.75) is 13.3 Å². The van der Waals surface area contributed by atoms with E-state index in [1.54, 1.807) is 12.5 Å². The van der Waals surface area contributed by atoms with Crippen LogP contribution in [-0.4, -0.2) is 5.33 Å². The average molecular weight is 215 g/mol. The maximum absolute atomic E-state index is 4.96. The van der Waals surface area contributed by atoms with Crippen LogP contribution in [0.3, 0.4) is 0 Å². The molecule has 1 aromatic heterocycles. The van der Waals surface area contributed by atoms with E-state index in [1.807, 2.05) is 6.07 Å². The standard InChI is InChI=1S/C9H11BrO/c1-8(3-2-5-10)9-4-6-11-7-9/h3-4,6-7H,2,5H2,1H3/b8-3-. The van der Waals surface area contributed by atoms with E-state index in [0.29, 0.717) is 0 Å². The molecule has 0 fully saturated rings. The van der Waals surface area contributed by atoms with Gasteiger partial charge in [0.2, 0.25) is 0 Å². The first-order valence-corrected chi connectivity index (χ1v) is 4.72. The Hall–Kier alpha value is -0.500. The number of hydrogen-bond acceptors (Lipinski definition) is 1. The van der Waals surface area contributed by atoms with Gasteiger partial charge in [-0.1, -0.05) is 22.0 Å². The van der Waals surface area contributed by atoms with Gasteiger partial charge >= 0.3 is 0 Å². The van der Waals surface area contributed by atoms with Crippen LogP contribution in [0.25, 0.3) is 5.57 Å². The lowest BCUT2D eigenvalue weighted by Crippen LogP contribution is -1.74. The van der Waals surface area contributed by atoms with Crippen LogP contribution in [-0.2, 0) is 0 Å². The Bertz CT molecular complexity index is 224. The molecule has 0 amide bonds. The zero-order valence-electron chi connectivity index (χ0n) is 6.51. The molecule has 0 aliphatic rings. The molecule has 0 bridgehead atoms. The molecular formula is C9H11BrO. The van der Waals surface area contributed by atoms with Gasteiger partial charge in [-0.25, -0.2) is 0 Å². The molecule has 0 aromatic carbocycles. The fourth-order valence-electron chi connectivity index (χ4n) is 0.878. The van der Waals surface area contributed by atoms with Crippen molar-refractivity contribution in [3.8, 4) is 0 Å². The third-order valence-electron chi connectivity index (χ3n) is 1.54. The predicted octanol–water partition coefficient (Wildman–Crippen LogP) is 3.47. The highest BCUT2D eigenvalue weighted by molar-refractivity contribution is 9.09. The first-order chi connectivity index (χ1) is 5.34. The third kappa shape index (κ3) is 2.54. The largest absolute Gasteiger partial charge is 0.472 e. The van der Waals surface area contributed by atoms with Crippen molar-refractivity contribution in [1.29, 1.82) is 0 Å². The van der Waals surface area contributed by atoms with Gasteiger partial charge in [0.25, 0.3) is 0 Å². The van der Waals surface area contributed by atoms with Gasteiger partial charge in [0.05, 0.1) is 12.5 Å². The Labute approximate surface area is 75.2 Å². The van der Waals surface area contributed by atoms with Gasteiger partial charge in [-0.2, -0.15) is 0 Å². The molecule has 0 N–H and O–H groups in total. The Balaban J connectivity index is 2.62. The smallest absolute Gasteiger partial charge is 0.0977 e. The second kappa shape index (κ2) is 4.39. The number of hydrogen-bond donors (Lipinski definition) is 0. The molecule has 0 radical (unpaired) electrons. The van der Waals surface area contributed by atoms with E-state index >= 15 is 0 Å². The molecule has 1 nitrogen and oxygen atoms in total. The molecule has 1 heterocycles. The van der Waals surface area contributed by atoms with E-state index in [1.165, 1.54) is 11.1 Å². The highest BCUT2D eigenvalue weighted by atomic mass is 79.9. The van der Waals surface area contributed by atoms with E-state index < -0.39 is 0 Å². The Kier molecular flexibility index (Phi) is 3.43. The first-order valence-electron chi connectivity index (χ1n) is 3.60. The van der Waals surface area contributed by atoms with E-state index in [4.69, 9.17) is 4.42 Å². The molecular weight excluding hydrogens is 204 g/mol. The molecule has 1 aromatic rings. The van der Waals surface area contributed by atoms with E-state index in [0.717, 1.165) is 11.8 Å². The maximum Gasteiger partial charge on any atom is 0.0977 e. The Morgan fingerprint density at radius 1 is 1.73 bits per heavy atom. The second-order valence-corrected chi connectivity index (χ2v) is 3.17. The molecule has 0 aliphatic heterocycles. The van der Waals surface area contributed by atoms with Crippen molar-refractivity contribution < 1.29 is 4.42 Å². The summed E-state index contributed by atoms with van der Waals surface area (Å²) in [6, 6.07) is 1.97.